The molecule has 1 N–H and O–H groups in total. The number of piperidine rings is 1. The Morgan fingerprint density at radius 2 is 1.62 bits per heavy atom. The Morgan fingerprint density at radius 3 is 2.31 bits per heavy atom. The van der Waals surface area contributed by atoms with Crippen LogP contribution in [0.1, 0.15) is 26.2 Å². The third-order valence-electron chi connectivity index (χ3n) is 4.96. The minimum Gasteiger partial charge on any atom is -0.341 e. The zero-order chi connectivity index (χ0) is 20.1. The van der Waals surface area contributed by atoms with Crippen molar-refractivity contribution in [3.8, 4) is 5.69 Å². The van der Waals surface area contributed by atoms with Gasteiger partial charge in [0.1, 0.15) is 0 Å². The Balaban J connectivity index is 1.58. The molecule has 1 amide bonds. The second kappa shape index (κ2) is 9.13. The van der Waals surface area contributed by atoms with E-state index in [9.17, 15) is 4.79 Å². The van der Waals surface area contributed by atoms with Crippen molar-refractivity contribution in [1.82, 2.24) is 14.8 Å². The SMILES string of the molecule is CC(Sc1nnc(N2CCCCC2)n1-c1ccccc1)C(=O)Nc1ccccc1. The molecule has 2 heterocycles. The summed E-state index contributed by atoms with van der Waals surface area (Å²) in [5, 5.41) is 12.3. The van der Waals surface area contributed by atoms with Gasteiger partial charge in [0.05, 0.1) is 10.9 Å². The third-order valence-corrected chi connectivity index (χ3v) is 6.00. The van der Waals surface area contributed by atoms with Crippen molar-refractivity contribution in [3.05, 3.63) is 60.7 Å². The molecule has 1 saturated heterocycles. The van der Waals surface area contributed by atoms with Crippen LogP contribution in [0.4, 0.5) is 11.6 Å². The van der Waals surface area contributed by atoms with Gasteiger partial charge in [0.15, 0.2) is 5.16 Å². The lowest BCUT2D eigenvalue weighted by atomic mass is 10.1. The van der Waals surface area contributed by atoms with E-state index in [0.717, 1.165) is 35.6 Å². The molecule has 1 aromatic heterocycles. The topological polar surface area (TPSA) is 63.1 Å². The number of rotatable bonds is 6. The smallest absolute Gasteiger partial charge is 0.237 e. The van der Waals surface area contributed by atoms with Gasteiger partial charge in [-0.25, -0.2) is 0 Å². The van der Waals surface area contributed by atoms with E-state index in [1.165, 1.54) is 31.0 Å². The van der Waals surface area contributed by atoms with Crippen LogP contribution in [0.3, 0.4) is 0 Å². The summed E-state index contributed by atoms with van der Waals surface area (Å²) in [7, 11) is 0. The predicted octanol–water partition coefficient (Wildman–Crippen LogP) is 4.38. The highest BCUT2D eigenvalue weighted by Gasteiger charge is 2.24. The van der Waals surface area contributed by atoms with E-state index in [1.54, 1.807) is 0 Å². The summed E-state index contributed by atoms with van der Waals surface area (Å²) < 4.78 is 2.07. The minimum absolute atomic E-state index is 0.0525. The van der Waals surface area contributed by atoms with Crippen molar-refractivity contribution in [3.63, 3.8) is 0 Å². The first-order chi connectivity index (χ1) is 14.2. The van der Waals surface area contributed by atoms with Crippen molar-refractivity contribution < 1.29 is 4.79 Å². The van der Waals surface area contributed by atoms with E-state index in [-0.39, 0.29) is 11.2 Å². The van der Waals surface area contributed by atoms with Crippen LogP contribution >= 0.6 is 11.8 Å². The Hall–Kier alpha value is -2.80. The lowest BCUT2D eigenvalue weighted by Gasteiger charge is -2.28. The van der Waals surface area contributed by atoms with Gasteiger partial charge >= 0.3 is 0 Å². The van der Waals surface area contributed by atoms with Gasteiger partial charge in [-0.05, 0) is 50.5 Å². The fraction of sp³-hybridized carbons (Fsp3) is 0.318. The number of aromatic nitrogens is 3. The molecule has 1 atom stereocenters. The second-order valence-electron chi connectivity index (χ2n) is 7.12. The first-order valence-corrected chi connectivity index (χ1v) is 10.9. The van der Waals surface area contributed by atoms with Crippen molar-refractivity contribution in [2.24, 2.45) is 0 Å². The van der Waals surface area contributed by atoms with Gasteiger partial charge in [-0.1, -0.05) is 48.2 Å². The number of carbonyl (C=O) groups excluding carboxylic acids is 1. The van der Waals surface area contributed by atoms with E-state index in [0.29, 0.717) is 0 Å². The highest BCUT2D eigenvalue weighted by molar-refractivity contribution is 8.00. The molecule has 3 aromatic rings. The van der Waals surface area contributed by atoms with E-state index in [1.807, 2.05) is 55.5 Å². The van der Waals surface area contributed by atoms with E-state index < -0.39 is 0 Å². The van der Waals surface area contributed by atoms with Crippen LogP contribution in [0, 0.1) is 0 Å². The summed E-state index contributed by atoms with van der Waals surface area (Å²) in [5.41, 5.74) is 1.81. The first kappa shape index (κ1) is 19.5. The molecular formula is C22H25N5OS. The van der Waals surface area contributed by atoms with Crippen LogP contribution in [0.15, 0.2) is 65.8 Å². The normalized spacial score (nSPS) is 15.1. The van der Waals surface area contributed by atoms with Gasteiger partial charge in [0.2, 0.25) is 11.9 Å². The quantitative estimate of drug-likeness (QED) is 0.615. The molecule has 7 heteroatoms. The largest absolute Gasteiger partial charge is 0.341 e. The Morgan fingerprint density at radius 1 is 0.966 bits per heavy atom. The molecule has 29 heavy (non-hydrogen) atoms. The second-order valence-corrected chi connectivity index (χ2v) is 8.42. The van der Waals surface area contributed by atoms with Crippen LogP contribution in [-0.2, 0) is 4.79 Å². The molecule has 0 bridgehead atoms. The molecule has 150 valence electrons. The van der Waals surface area contributed by atoms with Gasteiger partial charge < -0.3 is 10.2 Å². The average Bonchev–Trinajstić information content (AvgIpc) is 3.19. The van der Waals surface area contributed by atoms with E-state index in [4.69, 9.17) is 0 Å². The van der Waals surface area contributed by atoms with Crippen LogP contribution in [-0.4, -0.2) is 39.0 Å². The molecule has 0 saturated carbocycles. The highest BCUT2D eigenvalue weighted by Crippen LogP contribution is 2.30. The van der Waals surface area contributed by atoms with Crippen molar-refractivity contribution >= 4 is 29.3 Å². The maximum atomic E-state index is 12.7. The summed E-state index contributed by atoms with van der Waals surface area (Å²) in [6.07, 6.45) is 3.59. The summed E-state index contributed by atoms with van der Waals surface area (Å²) in [6.45, 7) is 3.87. The molecule has 1 unspecified atom stereocenters. The number of thioether (sulfide) groups is 1. The lowest BCUT2D eigenvalue weighted by Crippen LogP contribution is -2.31. The van der Waals surface area contributed by atoms with Gasteiger partial charge in [-0.15, -0.1) is 10.2 Å². The molecular weight excluding hydrogens is 382 g/mol. The van der Waals surface area contributed by atoms with Gasteiger partial charge in [0, 0.05) is 18.8 Å². The fourth-order valence-corrected chi connectivity index (χ4v) is 4.28. The summed E-state index contributed by atoms with van der Waals surface area (Å²) >= 11 is 1.43. The third kappa shape index (κ3) is 4.62. The van der Waals surface area contributed by atoms with E-state index >= 15 is 0 Å². The number of nitrogens with one attached hydrogen (secondary N) is 1. The molecule has 0 radical (unpaired) electrons. The number of amides is 1. The van der Waals surface area contributed by atoms with Crippen LogP contribution in [0.25, 0.3) is 5.69 Å². The van der Waals surface area contributed by atoms with Gasteiger partial charge in [-0.3, -0.25) is 9.36 Å². The molecule has 6 nitrogen and oxygen atoms in total. The number of benzene rings is 2. The highest BCUT2D eigenvalue weighted by atomic mass is 32.2. The number of para-hydroxylation sites is 2. The lowest BCUT2D eigenvalue weighted by molar-refractivity contribution is -0.115. The average molecular weight is 408 g/mol. The Bertz CT molecular complexity index is 938. The molecule has 1 aliphatic rings. The van der Waals surface area contributed by atoms with Gasteiger partial charge in [-0.2, -0.15) is 0 Å². The molecule has 1 fully saturated rings. The monoisotopic (exact) mass is 407 g/mol. The molecule has 1 aliphatic heterocycles. The molecule has 2 aromatic carbocycles. The van der Waals surface area contributed by atoms with Crippen LogP contribution in [0.5, 0.6) is 0 Å². The number of anilines is 2. The summed E-state index contributed by atoms with van der Waals surface area (Å²) in [6, 6.07) is 19.6. The number of hydrogen-bond acceptors (Lipinski definition) is 5. The predicted molar refractivity (Wildman–Crippen MR) is 118 cm³/mol. The Kier molecular flexibility index (Phi) is 6.14. The molecule has 0 aliphatic carbocycles. The van der Waals surface area contributed by atoms with Crippen molar-refractivity contribution in [1.29, 1.82) is 0 Å². The summed E-state index contributed by atoms with van der Waals surface area (Å²) in [5.74, 6) is 0.803. The van der Waals surface area contributed by atoms with Crippen LogP contribution < -0.4 is 10.2 Å². The van der Waals surface area contributed by atoms with Crippen molar-refractivity contribution in [2.45, 2.75) is 36.6 Å². The number of carbonyl (C=O) groups is 1. The fourth-order valence-electron chi connectivity index (χ4n) is 3.42. The standard InChI is InChI=1S/C22H25N5OS/c1-17(20(28)23-18-11-5-2-6-12-18)29-22-25-24-21(26-15-9-4-10-16-26)27(22)19-13-7-3-8-14-19/h2-3,5-8,11-14,17H,4,9-10,15-16H2,1H3,(H,23,28). The number of nitrogens with zero attached hydrogens (tertiary/aromatic N) is 4. The number of hydrogen-bond donors (Lipinski definition) is 1. The van der Waals surface area contributed by atoms with Crippen LogP contribution in [0.2, 0.25) is 0 Å². The Labute approximate surface area is 175 Å². The zero-order valence-electron chi connectivity index (χ0n) is 16.5. The molecule has 0 spiro atoms. The zero-order valence-corrected chi connectivity index (χ0v) is 17.3. The maximum Gasteiger partial charge on any atom is 0.237 e. The minimum atomic E-state index is -0.309. The van der Waals surface area contributed by atoms with E-state index in [2.05, 4.69) is 37.1 Å². The first-order valence-electron chi connectivity index (χ1n) is 10.0. The maximum absolute atomic E-state index is 12.7. The van der Waals surface area contributed by atoms with Crippen molar-refractivity contribution in [2.75, 3.05) is 23.3 Å². The van der Waals surface area contributed by atoms with Gasteiger partial charge in [0.25, 0.3) is 0 Å². The molecule has 4 rings (SSSR count). The summed E-state index contributed by atoms with van der Waals surface area (Å²) in [4.78, 5) is 15.0.